The molecule has 0 amide bonds. The van der Waals surface area contributed by atoms with Gasteiger partial charge in [0.1, 0.15) is 12.2 Å². The number of ether oxygens (including phenoxy) is 1. The van der Waals surface area contributed by atoms with E-state index >= 15 is 0 Å². The second-order valence-corrected chi connectivity index (χ2v) is 9.70. The third-order valence-electron chi connectivity index (χ3n) is 5.20. The Hall–Kier alpha value is -3.59. The molecule has 1 aromatic rings. The Morgan fingerprint density at radius 2 is 1.43 bits per heavy atom. The summed E-state index contributed by atoms with van der Waals surface area (Å²) in [4.78, 5) is 71.6. The molecule has 1 fully saturated rings. The van der Waals surface area contributed by atoms with Gasteiger partial charge in [0.15, 0.2) is 30.6 Å². The van der Waals surface area contributed by atoms with E-state index in [9.17, 15) is 53.6 Å². The predicted molar refractivity (Wildman–Crippen MR) is 123 cm³/mol. The summed E-state index contributed by atoms with van der Waals surface area (Å²) in [6.45, 7) is -0.764. The van der Waals surface area contributed by atoms with E-state index in [1.807, 2.05) is 0 Å². The SMILES string of the molecule is O=C([O-])c1ccc[n+]([C@@H]2O[C@H](COP(=O)([O-])[O-])[C@@H](O)[C@H]2O)c1.[NH3+]C(CCC(=O)O)C(=O)O.[NH3+][C@@H](CCC(=O)O)C(=O)O. The summed E-state index contributed by atoms with van der Waals surface area (Å²) in [5.74, 6) is -5.53. The summed E-state index contributed by atoms with van der Waals surface area (Å²) >= 11 is 0. The van der Waals surface area contributed by atoms with Crippen LogP contribution in [0.25, 0.3) is 0 Å². The maximum atomic E-state index is 10.8. The summed E-state index contributed by atoms with van der Waals surface area (Å²) in [6.07, 6.45) is -3.05. The number of rotatable bonds is 13. The van der Waals surface area contributed by atoms with Crippen molar-refractivity contribution in [1.82, 2.24) is 0 Å². The van der Waals surface area contributed by atoms with Crippen molar-refractivity contribution in [2.75, 3.05) is 6.61 Å². The van der Waals surface area contributed by atoms with Gasteiger partial charge in [0, 0.05) is 18.9 Å². The van der Waals surface area contributed by atoms with Crippen LogP contribution in [0, 0.1) is 0 Å². The number of aromatic nitrogens is 1. The lowest BCUT2D eigenvalue weighted by atomic mass is 10.1. The van der Waals surface area contributed by atoms with Crippen molar-refractivity contribution in [2.24, 2.45) is 0 Å². The first-order chi connectivity index (χ1) is 19.3. The highest BCUT2D eigenvalue weighted by atomic mass is 31.2. The van der Waals surface area contributed by atoms with Gasteiger partial charge in [-0.1, -0.05) is 0 Å². The van der Waals surface area contributed by atoms with E-state index in [0.717, 1.165) is 6.20 Å². The molecule has 2 heterocycles. The number of quaternary nitrogens is 2. The quantitative estimate of drug-likeness (QED) is 0.0741. The Kier molecular flexibility index (Phi) is 16.5. The Bertz CT molecular complexity index is 1100. The molecule has 1 saturated heterocycles. The highest BCUT2D eigenvalue weighted by Gasteiger charge is 2.48. The van der Waals surface area contributed by atoms with Crippen LogP contribution in [0.4, 0.5) is 0 Å². The van der Waals surface area contributed by atoms with Crippen LogP contribution in [0.1, 0.15) is 42.3 Å². The first kappa shape index (κ1) is 38.4. The maximum Gasteiger partial charge on any atom is 0.362 e. The highest BCUT2D eigenvalue weighted by molar-refractivity contribution is 7.43. The fourth-order valence-electron chi connectivity index (χ4n) is 2.89. The lowest BCUT2D eigenvalue weighted by Gasteiger charge is -2.30. The first-order valence-corrected chi connectivity index (χ1v) is 13.2. The molecule has 6 atom stereocenters. The van der Waals surface area contributed by atoms with Gasteiger partial charge in [-0.3, -0.25) is 9.59 Å². The molecule has 238 valence electrons. The molecule has 42 heavy (non-hydrogen) atoms. The largest absolute Gasteiger partial charge is 0.790 e. The molecule has 0 bridgehead atoms. The summed E-state index contributed by atoms with van der Waals surface area (Å²) in [5, 5.41) is 63.2. The van der Waals surface area contributed by atoms with Crippen molar-refractivity contribution in [2.45, 2.75) is 62.3 Å². The second kappa shape index (κ2) is 18.1. The number of aliphatic hydroxyl groups is 2. The zero-order valence-corrected chi connectivity index (χ0v) is 22.7. The minimum atomic E-state index is -5.24. The van der Waals surface area contributed by atoms with Crippen LogP contribution in [0.3, 0.4) is 0 Å². The molecule has 1 aromatic heterocycles. The number of aliphatic carboxylic acids is 4. The van der Waals surface area contributed by atoms with Crippen molar-refractivity contribution in [3.8, 4) is 0 Å². The summed E-state index contributed by atoms with van der Waals surface area (Å²) < 4.78 is 20.8. The van der Waals surface area contributed by atoms with Crippen molar-refractivity contribution in [1.29, 1.82) is 0 Å². The number of aliphatic hydroxyl groups excluding tert-OH is 2. The van der Waals surface area contributed by atoms with Crippen LogP contribution in [-0.2, 0) is 33.0 Å². The average Bonchev–Trinajstić information content (AvgIpc) is 3.18. The molecular weight excluding hydrogens is 597 g/mol. The number of nitrogens with zero attached hydrogens (tertiary/aromatic N) is 1. The Balaban J connectivity index is 0.000000702. The fourth-order valence-corrected chi connectivity index (χ4v) is 3.22. The van der Waals surface area contributed by atoms with Gasteiger partial charge in [-0.25, -0.2) is 9.59 Å². The highest BCUT2D eigenvalue weighted by Crippen LogP contribution is 2.30. The Morgan fingerprint density at radius 1 is 0.952 bits per heavy atom. The van der Waals surface area contributed by atoms with Crippen LogP contribution < -0.4 is 30.9 Å². The second-order valence-electron chi connectivity index (χ2n) is 8.55. The Labute approximate surface area is 236 Å². The standard InChI is InChI=1S/C11H14NO9P.2C5H9NO4/c13-8-7(5-20-22(17,18)19)21-10(9(8)14)12-3-1-2-6(4-12)11(15)16;2*6-3(5(9)10)1-2-4(7)8/h1-4,7-10,13-14H,5H2,(H2-,15,16,17,18,19);2*3H,1-2,6H2,(H,7,8)(H,9,10)/t7-,8-,9-,10-;3-;/m10./s1. The van der Waals surface area contributed by atoms with Crippen molar-refractivity contribution in [3.05, 3.63) is 30.1 Å². The molecule has 2 rings (SSSR count). The van der Waals surface area contributed by atoms with E-state index < -0.39 is 80.9 Å². The van der Waals surface area contributed by atoms with Crippen LogP contribution in [0.15, 0.2) is 24.5 Å². The Morgan fingerprint density at radius 3 is 1.81 bits per heavy atom. The van der Waals surface area contributed by atoms with E-state index in [2.05, 4.69) is 16.0 Å². The van der Waals surface area contributed by atoms with Crippen LogP contribution >= 0.6 is 7.82 Å². The molecule has 1 unspecified atom stereocenters. The van der Waals surface area contributed by atoms with Gasteiger partial charge in [-0.15, -0.1) is 0 Å². The fraction of sp³-hybridized carbons (Fsp3) is 0.524. The molecule has 0 aliphatic carbocycles. The molecule has 1 aliphatic rings. The number of pyridine rings is 1. The molecule has 0 spiro atoms. The monoisotopic (exact) mass is 629 g/mol. The van der Waals surface area contributed by atoms with Gasteiger partial charge in [0.05, 0.1) is 38.8 Å². The molecule has 12 N–H and O–H groups in total. The van der Waals surface area contributed by atoms with E-state index in [1.165, 1.54) is 22.9 Å². The normalized spacial score (nSPS) is 21.0. The molecule has 0 aromatic carbocycles. The van der Waals surface area contributed by atoms with Crippen LogP contribution in [0.5, 0.6) is 0 Å². The first-order valence-electron chi connectivity index (χ1n) is 11.7. The topological polar surface area (TPSA) is 371 Å². The molecule has 21 heteroatoms. The molecule has 1 aliphatic heterocycles. The van der Waals surface area contributed by atoms with Crippen molar-refractivity contribution >= 4 is 37.7 Å². The van der Waals surface area contributed by atoms with Gasteiger partial charge in [-0.05, 0) is 6.07 Å². The summed E-state index contributed by atoms with van der Waals surface area (Å²) in [6, 6.07) is 1.00. The third kappa shape index (κ3) is 15.4. The lowest BCUT2D eigenvalue weighted by molar-refractivity contribution is -0.765. The van der Waals surface area contributed by atoms with Crippen LogP contribution in [-0.4, -0.2) is 97.5 Å². The minimum absolute atomic E-state index is 0.0880. The van der Waals surface area contributed by atoms with Crippen molar-refractivity contribution < 1.29 is 99.4 Å². The number of carbonyl (C=O) groups is 5. The van der Waals surface area contributed by atoms with Gasteiger partial charge in [0.25, 0.3) is 6.23 Å². The smallest absolute Gasteiger partial charge is 0.362 e. The van der Waals surface area contributed by atoms with Gasteiger partial charge in [-0.2, -0.15) is 4.57 Å². The minimum Gasteiger partial charge on any atom is -0.790 e. The number of aromatic carboxylic acids is 1. The molecular formula is C21H32N3O17P. The number of hydrogen-bond acceptors (Lipinski definition) is 13. The average molecular weight is 629 g/mol. The van der Waals surface area contributed by atoms with Crippen LogP contribution in [0.2, 0.25) is 0 Å². The number of carboxylic acids is 5. The van der Waals surface area contributed by atoms with Crippen molar-refractivity contribution in [3.63, 3.8) is 0 Å². The van der Waals surface area contributed by atoms with E-state index in [0.29, 0.717) is 0 Å². The number of phosphoric acid groups is 1. The number of phosphoric ester groups is 1. The zero-order chi connectivity index (χ0) is 32.8. The summed E-state index contributed by atoms with van der Waals surface area (Å²) in [7, 11) is -5.24. The van der Waals surface area contributed by atoms with E-state index in [4.69, 9.17) is 25.2 Å². The van der Waals surface area contributed by atoms with Gasteiger partial charge in [0.2, 0.25) is 0 Å². The maximum absolute atomic E-state index is 10.8. The summed E-state index contributed by atoms with van der Waals surface area (Å²) in [5.41, 5.74) is 6.31. The molecule has 0 saturated carbocycles. The number of carboxylic acid groups (broad SMARTS) is 5. The van der Waals surface area contributed by atoms with E-state index in [1.54, 1.807) is 0 Å². The zero-order valence-electron chi connectivity index (χ0n) is 21.8. The molecule has 20 nitrogen and oxygen atoms in total. The number of carbonyl (C=O) groups excluding carboxylic acids is 1. The van der Waals surface area contributed by atoms with Gasteiger partial charge >= 0.3 is 23.9 Å². The van der Waals surface area contributed by atoms with E-state index in [-0.39, 0.29) is 31.2 Å². The van der Waals surface area contributed by atoms with Gasteiger partial charge < -0.3 is 75.6 Å². The predicted octanol–water partition coefficient (Wildman–Crippen LogP) is -7.11. The molecule has 0 radical (unpaired) electrons. The number of hydrogen-bond donors (Lipinski definition) is 8. The lowest BCUT2D eigenvalue weighted by Crippen LogP contribution is -2.64. The third-order valence-corrected chi connectivity index (χ3v) is 5.66.